The number of aromatic carboxylic acids is 1. The predicted molar refractivity (Wildman–Crippen MR) is 48.6 cm³/mol. The van der Waals surface area contributed by atoms with Crippen LogP contribution < -0.4 is 0 Å². The van der Waals surface area contributed by atoms with E-state index in [2.05, 4.69) is 0 Å². The highest BCUT2D eigenvalue weighted by Crippen LogP contribution is 2.23. The molecule has 70 valence electrons. The molecule has 3 nitrogen and oxygen atoms in total. The van der Waals surface area contributed by atoms with E-state index in [1.807, 2.05) is 0 Å². The Balaban J connectivity index is 3.28. The lowest BCUT2D eigenvalue weighted by atomic mass is 9.93. The van der Waals surface area contributed by atoms with Gasteiger partial charge in [0.2, 0.25) is 0 Å². The van der Waals surface area contributed by atoms with Gasteiger partial charge in [-0.25, -0.2) is 4.79 Å². The largest absolute Gasteiger partial charge is 0.478 e. The highest BCUT2D eigenvalue weighted by Gasteiger charge is 2.22. The summed E-state index contributed by atoms with van der Waals surface area (Å²) < 4.78 is 0. The van der Waals surface area contributed by atoms with Gasteiger partial charge in [-0.3, -0.25) is 0 Å². The van der Waals surface area contributed by atoms with Crippen molar-refractivity contribution < 1.29 is 15.0 Å². The smallest absolute Gasteiger partial charge is 0.336 e. The lowest BCUT2D eigenvalue weighted by Gasteiger charge is -2.19. The summed E-state index contributed by atoms with van der Waals surface area (Å²) in [5.74, 6) is -1.02. The molecule has 0 aliphatic heterocycles. The Hall–Kier alpha value is -1.35. The van der Waals surface area contributed by atoms with Crippen LogP contribution in [0.4, 0.5) is 0 Å². The van der Waals surface area contributed by atoms with Crippen molar-refractivity contribution >= 4 is 5.97 Å². The maximum absolute atomic E-state index is 10.8. The molecule has 13 heavy (non-hydrogen) atoms. The van der Waals surface area contributed by atoms with Gasteiger partial charge in [0, 0.05) is 0 Å². The van der Waals surface area contributed by atoms with E-state index in [9.17, 15) is 9.90 Å². The van der Waals surface area contributed by atoms with Crippen molar-refractivity contribution in [3.8, 4) is 0 Å². The Kier molecular flexibility index (Phi) is 2.38. The fourth-order valence-corrected chi connectivity index (χ4v) is 1.20. The molecule has 1 aromatic rings. The van der Waals surface area contributed by atoms with Gasteiger partial charge < -0.3 is 10.2 Å². The first-order valence-corrected chi connectivity index (χ1v) is 3.98. The van der Waals surface area contributed by atoms with Gasteiger partial charge in [-0.2, -0.15) is 0 Å². The van der Waals surface area contributed by atoms with Crippen LogP contribution >= 0.6 is 0 Å². The van der Waals surface area contributed by atoms with Crippen LogP contribution in [0.2, 0.25) is 0 Å². The topological polar surface area (TPSA) is 57.5 Å². The van der Waals surface area contributed by atoms with Crippen LogP contribution in [0.1, 0.15) is 29.8 Å². The second kappa shape index (κ2) is 3.18. The second-order valence-corrected chi connectivity index (χ2v) is 3.41. The molecule has 0 amide bonds. The average molecular weight is 180 g/mol. The highest BCUT2D eigenvalue weighted by atomic mass is 16.4. The Labute approximate surface area is 76.6 Å². The lowest BCUT2D eigenvalue weighted by molar-refractivity contribution is 0.0630. The Morgan fingerprint density at radius 2 is 1.85 bits per heavy atom. The molecule has 3 heteroatoms. The monoisotopic (exact) mass is 180 g/mol. The summed E-state index contributed by atoms with van der Waals surface area (Å²) in [5.41, 5.74) is -0.535. The first kappa shape index (κ1) is 9.74. The van der Waals surface area contributed by atoms with Crippen LogP contribution in [0, 0.1) is 0 Å². The van der Waals surface area contributed by atoms with Crippen molar-refractivity contribution in [2.24, 2.45) is 0 Å². The molecule has 0 bridgehead atoms. The summed E-state index contributed by atoms with van der Waals surface area (Å²) in [4.78, 5) is 10.8. The van der Waals surface area contributed by atoms with Gasteiger partial charge in [-0.1, -0.05) is 18.2 Å². The minimum absolute atomic E-state index is 0.148. The molecule has 0 spiro atoms. The molecule has 0 fully saturated rings. The van der Waals surface area contributed by atoms with E-state index >= 15 is 0 Å². The SMILES string of the molecule is CC(C)(O)c1ccccc1C(=O)O. The van der Waals surface area contributed by atoms with Crippen LogP contribution in [-0.2, 0) is 5.60 Å². The van der Waals surface area contributed by atoms with E-state index in [4.69, 9.17) is 5.11 Å². The number of carboxylic acids is 1. The van der Waals surface area contributed by atoms with Gasteiger partial charge in [0.25, 0.3) is 0 Å². The number of hydrogen-bond donors (Lipinski definition) is 2. The number of aliphatic hydroxyl groups is 1. The number of rotatable bonds is 2. The van der Waals surface area contributed by atoms with Gasteiger partial charge in [-0.15, -0.1) is 0 Å². The molecule has 0 saturated heterocycles. The van der Waals surface area contributed by atoms with Gasteiger partial charge in [0.1, 0.15) is 0 Å². The average Bonchev–Trinajstić information content (AvgIpc) is 2.03. The molecular formula is C10H12O3. The van der Waals surface area contributed by atoms with Crippen molar-refractivity contribution in [3.05, 3.63) is 35.4 Å². The molecule has 0 aliphatic rings. The Bertz CT molecular complexity index is 323. The zero-order valence-corrected chi connectivity index (χ0v) is 7.61. The molecule has 0 saturated carbocycles. The normalized spacial score (nSPS) is 11.3. The van der Waals surface area contributed by atoms with Gasteiger partial charge >= 0.3 is 5.97 Å². The molecule has 2 N–H and O–H groups in total. The third-order valence-corrected chi connectivity index (χ3v) is 1.82. The number of carbonyl (C=O) groups is 1. The molecule has 0 aromatic heterocycles. The van der Waals surface area contributed by atoms with Crippen LogP contribution in [-0.4, -0.2) is 16.2 Å². The van der Waals surface area contributed by atoms with Crippen LogP contribution in [0.5, 0.6) is 0 Å². The quantitative estimate of drug-likeness (QED) is 0.727. The second-order valence-electron chi connectivity index (χ2n) is 3.41. The fourth-order valence-electron chi connectivity index (χ4n) is 1.20. The first-order chi connectivity index (χ1) is 5.93. The summed E-state index contributed by atoms with van der Waals surface area (Å²) in [7, 11) is 0. The lowest BCUT2D eigenvalue weighted by Crippen LogP contribution is -2.19. The van der Waals surface area contributed by atoms with E-state index in [1.165, 1.54) is 6.07 Å². The number of carboxylic acid groups (broad SMARTS) is 1. The first-order valence-electron chi connectivity index (χ1n) is 3.98. The molecule has 0 unspecified atom stereocenters. The van der Waals surface area contributed by atoms with Crippen LogP contribution in [0.3, 0.4) is 0 Å². The fraction of sp³-hybridized carbons (Fsp3) is 0.300. The Morgan fingerprint density at radius 1 is 1.31 bits per heavy atom. The van der Waals surface area contributed by atoms with Gasteiger partial charge in [0.15, 0.2) is 0 Å². The summed E-state index contributed by atoms with van der Waals surface area (Å²) in [6.07, 6.45) is 0. The summed E-state index contributed by atoms with van der Waals surface area (Å²) in [5, 5.41) is 18.5. The molecule has 0 heterocycles. The summed E-state index contributed by atoms with van der Waals surface area (Å²) in [6.45, 7) is 3.13. The van der Waals surface area contributed by atoms with Crippen molar-refractivity contribution in [1.29, 1.82) is 0 Å². The highest BCUT2D eigenvalue weighted by molar-refractivity contribution is 5.89. The van der Waals surface area contributed by atoms with Gasteiger partial charge in [-0.05, 0) is 25.5 Å². The standard InChI is InChI=1S/C10H12O3/c1-10(2,13)8-6-4-3-5-7(8)9(11)12/h3-6,13H,1-2H3,(H,11,12). The van der Waals surface area contributed by atoms with Crippen molar-refractivity contribution in [2.75, 3.05) is 0 Å². The number of benzene rings is 1. The van der Waals surface area contributed by atoms with Gasteiger partial charge in [0.05, 0.1) is 11.2 Å². The van der Waals surface area contributed by atoms with Crippen LogP contribution in [0.25, 0.3) is 0 Å². The third-order valence-electron chi connectivity index (χ3n) is 1.82. The van der Waals surface area contributed by atoms with E-state index in [0.29, 0.717) is 5.56 Å². The molecule has 1 rings (SSSR count). The molecule has 0 atom stereocenters. The molecule has 0 radical (unpaired) electrons. The van der Waals surface area contributed by atoms with E-state index < -0.39 is 11.6 Å². The van der Waals surface area contributed by atoms with Crippen molar-refractivity contribution in [3.63, 3.8) is 0 Å². The summed E-state index contributed by atoms with van der Waals surface area (Å²) in [6, 6.07) is 6.44. The van der Waals surface area contributed by atoms with E-state index in [1.54, 1.807) is 32.0 Å². The summed E-state index contributed by atoms with van der Waals surface area (Å²) >= 11 is 0. The third kappa shape index (κ3) is 2.06. The number of hydrogen-bond acceptors (Lipinski definition) is 2. The zero-order valence-electron chi connectivity index (χ0n) is 7.61. The molecule has 1 aromatic carbocycles. The Morgan fingerprint density at radius 3 is 2.23 bits per heavy atom. The van der Waals surface area contributed by atoms with Crippen molar-refractivity contribution in [2.45, 2.75) is 19.4 Å². The van der Waals surface area contributed by atoms with Crippen molar-refractivity contribution in [1.82, 2.24) is 0 Å². The molecular weight excluding hydrogens is 168 g/mol. The minimum Gasteiger partial charge on any atom is -0.478 e. The maximum atomic E-state index is 10.8. The maximum Gasteiger partial charge on any atom is 0.336 e. The zero-order chi connectivity index (χ0) is 10.1. The minimum atomic E-state index is -1.12. The molecule has 0 aliphatic carbocycles. The van der Waals surface area contributed by atoms with Crippen LogP contribution in [0.15, 0.2) is 24.3 Å². The predicted octanol–water partition coefficient (Wildman–Crippen LogP) is 1.61. The van der Waals surface area contributed by atoms with E-state index in [0.717, 1.165) is 0 Å². The van der Waals surface area contributed by atoms with E-state index in [-0.39, 0.29) is 5.56 Å².